The fourth-order valence-electron chi connectivity index (χ4n) is 2.62. The summed E-state index contributed by atoms with van der Waals surface area (Å²) in [7, 11) is 1.38. The monoisotopic (exact) mass is 379 g/mol. The summed E-state index contributed by atoms with van der Waals surface area (Å²) in [6.07, 6.45) is 0.514. The summed E-state index contributed by atoms with van der Waals surface area (Å²) in [5.74, 6) is 0.611. The first-order chi connectivity index (χ1) is 12.9. The van der Waals surface area contributed by atoms with E-state index in [2.05, 4.69) is 10.1 Å². The van der Waals surface area contributed by atoms with Crippen LogP contribution >= 0.6 is 0 Å². The second-order valence-corrected chi connectivity index (χ2v) is 6.08. The van der Waals surface area contributed by atoms with Crippen LogP contribution in [0.25, 0.3) is 0 Å². The molecular weight excluding hydrogens is 356 g/mol. The molecular formula is C20H23F2NO4. The van der Waals surface area contributed by atoms with Gasteiger partial charge in [-0.05, 0) is 61.2 Å². The van der Waals surface area contributed by atoms with Crippen LogP contribution in [0.2, 0.25) is 0 Å². The number of hydrogen-bond acceptors (Lipinski definition) is 4. The quantitative estimate of drug-likeness (QED) is 0.723. The van der Waals surface area contributed by atoms with Gasteiger partial charge in [-0.25, -0.2) is 0 Å². The number of nitrogens with one attached hydrogen (secondary N) is 1. The van der Waals surface area contributed by atoms with Gasteiger partial charge in [-0.3, -0.25) is 4.79 Å². The van der Waals surface area contributed by atoms with E-state index in [1.54, 1.807) is 12.1 Å². The lowest BCUT2D eigenvalue weighted by atomic mass is 10.1. The minimum atomic E-state index is -2.92. The molecule has 0 aliphatic heterocycles. The van der Waals surface area contributed by atoms with Gasteiger partial charge >= 0.3 is 6.61 Å². The predicted molar refractivity (Wildman–Crippen MR) is 97.8 cm³/mol. The van der Waals surface area contributed by atoms with E-state index >= 15 is 0 Å². The maximum atomic E-state index is 12.3. The molecule has 0 aliphatic rings. The van der Waals surface area contributed by atoms with Gasteiger partial charge in [0.05, 0.1) is 7.11 Å². The second-order valence-electron chi connectivity index (χ2n) is 6.08. The number of rotatable bonds is 9. The van der Waals surface area contributed by atoms with Crippen LogP contribution in [0.3, 0.4) is 0 Å². The molecule has 2 aromatic carbocycles. The lowest BCUT2D eigenvalue weighted by molar-refractivity contribution is -0.123. The SMILES string of the molecule is COc1cc(CCNC(=O)COc2cc(C)cc(C)c2)ccc1OC(F)F. The van der Waals surface area contributed by atoms with Gasteiger partial charge in [0.25, 0.3) is 5.91 Å². The Labute approximate surface area is 157 Å². The van der Waals surface area contributed by atoms with Crippen molar-refractivity contribution < 1.29 is 27.8 Å². The third kappa shape index (κ3) is 6.77. The third-order valence-electron chi connectivity index (χ3n) is 3.75. The number of hydrogen-bond donors (Lipinski definition) is 1. The van der Waals surface area contributed by atoms with Crippen molar-refractivity contribution in [2.45, 2.75) is 26.9 Å². The molecule has 2 rings (SSSR count). The third-order valence-corrected chi connectivity index (χ3v) is 3.75. The summed E-state index contributed by atoms with van der Waals surface area (Å²) in [6.45, 7) is 1.32. The van der Waals surface area contributed by atoms with Crippen LogP contribution in [0.1, 0.15) is 16.7 Å². The molecule has 2 aromatic rings. The summed E-state index contributed by atoms with van der Waals surface area (Å²) >= 11 is 0. The Kier molecular flexibility index (Phi) is 7.40. The van der Waals surface area contributed by atoms with Crippen LogP contribution in [-0.2, 0) is 11.2 Å². The van der Waals surface area contributed by atoms with Gasteiger partial charge in [0, 0.05) is 6.54 Å². The molecule has 1 amide bonds. The Morgan fingerprint density at radius 3 is 2.41 bits per heavy atom. The van der Waals surface area contributed by atoms with Gasteiger partial charge in [0.1, 0.15) is 5.75 Å². The number of carbonyl (C=O) groups excluding carboxylic acids is 1. The van der Waals surface area contributed by atoms with Crippen LogP contribution < -0.4 is 19.5 Å². The highest BCUT2D eigenvalue weighted by Crippen LogP contribution is 2.29. The predicted octanol–water partition coefficient (Wildman–Crippen LogP) is 3.65. The van der Waals surface area contributed by atoms with Crippen LogP contribution in [0.4, 0.5) is 8.78 Å². The number of alkyl halides is 2. The summed E-state index contributed by atoms with van der Waals surface area (Å²) in [5.41, 5.74) is 2.96. The highest BCUT2D eigenvalue weighted by molar-refractivity contribution is 5.77. The number of methoxy groups -OCH3 is 1. The maximum absolute atomic E-state index is 12.3. The minimum absolute atomic E-state index is 0.0258. The number of amides is 1. The Balaban J connectivity index is 1.80. The average Bonchev–Trinajstić information content (AvgIpc) is 2.60. The number of carbonyl (C=O) groups is 1. The van der Waals surface area contributed by atoms with E-state index in [4.69, 9.17) is 9.47 Å². The number of ether oxygens (including phenoxy) is 3. The van der Waals surface area contributed by atoms with Crippen molar-refractivity contribution in [1.82, 2.24) is 5.32 Å². The normalized spacial score (nSPS) is 10.6. The highest BCUT2D eigenvalue weighted by Gasteiger charge is 2.11. The molecule has 0 saturated heterocycles. The fourth-order valence-corrected chi connectivity index (χ4v) is 2.62. The molecule has 5 nitrogen and oxygen atoms in total. The second kappa shape index (κ2) is 9.75. The number of aryl methyl sites for hydroxylation is 2. The molecule has 0 radical (unpaired) electrons. The molecule has 0 unspecified atom stereocenters. The Bertz CT molecular complexity index is 760. The molecule has 0 saturated carbocycles. The zero-order chi connectivity index (χ0) is 19.8. The topological polar surface area (TPSA) is 56.8 Å². The zero-order valence-corrected chi connectivity index (χ0v) is 15.6. The van der Waals surface area contributed by atoms with Gasteiger partial charge in [0.15, 0.2) is 18.1 Å². The summed E-state index contributed by atoms with van der Waals surface area (Å²) in [4.78, 5) is 11.9. The number of benzene rings is 2. The molecule has 146 valence electrons. The van der Waals surface area contributed by atoms with Crippen LogP contribution in [0, 0.1) is 13.8 Å². The number of halogens is 2. The first-order valence-electron chi connectivity index (χ1n) is 8.47. The summed E-state index contributed by atoms with van der Waals surface area (Å²) in [6, 6.07) is 10.4. The van der Waals surface area contributed by atoms with Crippen molar-refractivity contribution >= 4 is 5.91 Å². The van der Waals surface area contributed by atoms with Gasteiger partial charge in [0.2, 0.25) is 0 Å². The standard InChI is InChI=1S/C20H23F2NO4/c1-13-8-14(2)10-16(9-13)26-12-19(24)23-7-6-15-4-5-17(27-20(21)22)18(11-15)25-3/h4-5,8-11,20H,6-7,12H2,1-3H3,(H,23,24). The van der Waals surface area contributed by atoms with Crippen molar-refractivity contribution in [3.63, 3.8) is 0 Å². The first kappa shape index (κ1) is 20.5. The van der Waals surface area contributed by atoms with Crippen molar-refractivity contribution in [3.8, 4) is 17.2 Å². The van der Waals surface area contributed by atoms with Crippen molar-refractivity contribution in [1.29, 1.82) is 0 Å². The Morgan fingerprint density at radius 2 is 1.78 bits per heavy atom. The maximum Gasteiger partial charge on any atom is 0.387 e. The molecule has 0 heterocycles. The van der Waals surface area contributed by atoms with E-state index in [9.17, 15) is 13.6 Å². The van der Waals surface area contributed by atoms with Crippen LogP contribution in [-0.4, -0.2) is 32.8 Å². The van der Waals surface area contributed by atoms with E-state index in [1.807, 2.05) is 32.0 Å². The van der Waals surface area contributed by atoms with E-state index in [-0.39, 0.29) is 24.0 Å². The molecule has 7 heteroatoms. The summed E-state index contributed by atoms with van der Waals surface area (Å²) < 4.78 is 39.6. The lowest BCUT2D eigenvalue weighted by Gasteiger charge is -2.12. The highest BCUT2D eigenvalue weighted by atomic mass is 19.3. The smallest absolute Gasteiger partial charge is 0.387 e. The minimum Gasteiger partial charge on any atom is -0.493 e. The van der Waals surface area contributed by atoms with Crippen molar-refractivity contribution in [3.05, 3.63) is 53.1 Å². The molecule has 27 heavy (non-hydrogen) atoms. The van der Waals surface area contributed by atoms with Gasteiger partial charge < -0.3 is 19.5 Å². The molecule has 0 spiro atoms. The molecule has 0 bridgehead atoms. The van der Waals surface area contributed by atoms with E-state index in [0.29, 0.717) is 18.7 Å². The van der Waals surface area contributed by atoms with Gasteiger partial charge in [-0.2, -0.15) is 8.78 Å². The average molecular weight is 379 g/mol. The van der Waals surface area contributed by atoms with E-state index < -0.39 is 6.61 Å². The molecule has 0 aliphatic carbocycles. The fraction of sp³-hybridized carbons (Fsp3) is 0.350. The first-order valence-corrected chi connectivity index (χ1v) is 8.47. The lowest BCUT2D eigenvalue weighted by Crippen LogP contribution is -2.30. The van der Waals surface area contributed by atoms with Crippen LogP contribution in [0.15, 0.2) is 36.4 Å². The molecule has 0 atom stereocenters. The summed E-state index contributed by atoms with van der Waals surface area (Å²) in [5, 5.41) is 2.76. The molecule has 0 aromatic heterocycles. The van der Waals surface area contributed by atoms with Gasteiger partial charge in [-0.1, -0.05) is 12.1 Å². The Hall–Kier alpha value is -2.83. The zero-order valence-electron chi connectivity index (χ0n) is 15.6. The Morgan fingerprint density at radius 1 is 1.07 bits per heavy atom. The molecule has 1 N–H and O–H groups in total. The van der Waals surface area contributed by atoms with E-state index in [1.165, 1.54) is 13.2 Å². The van der Waals surface area contributed by atoms with Gasteiger partial charge in [-0.15, -0.1) is 0 Å². The molecule has 0 fully saturated rings. The van der Waals surface area contributed by atoms with Crippen molar-refractivity contribution in [2.75, 3.05) is 20.3 Å². The van der Waals surface area contributed by atoms with E-state index in [0.717, 1.165) is 16.7 Å². The van der Waals surface area contributed by atoms with Crippen LogP contribution in [0.5, 0.6) is 17.2 Å². The van der Waals surface area contributed by atoms with Crippen molar-refractivity contribution in [2.24, 2.45) is 0 Å². The largest absolute Gasteiger partial charge is 0.493 e.